The number of methoxy groups -OCH3 is 1. The van der Waals surface area contributed by atoms with Crippen molar-refractivity contribution in [3.63, 3.8) is 0 Å². The second-order valence-electron chi connectivity index (χ2n) is 8.31. The van der Waals surface area contributed by atoms with Gasteiger partial charge in [-0.25, -0.2) is 0 Å². The van der Waals surface area contributed by atoms with Crippen molar-refractivity contribution in [1.82, 2.24) is 9.80 Å². The number of hydrogen-bond acceptors (Lipinski definition) is 4. The Morgan fingerprint density at radius 2 is 2.00 bits per heavy atom. The fraction of sp³-hybridized carbons (Fsp3) is 0.571. The topological polar surface area (TPSA) is 79.0 Å². The van der Waals surface area contributed by atoms with Crippen LogP contribution in [-0.4, -0.2) is 61.3 Å². The maximum absolute atomic E-state index is 12.8. The zero-order valence-electron chi connectivity index (χ0n) is 17.4. The number of piperidine rings is 1. The first-order chi connectivity index (χ1) is 13.1. The number of carbonyl (C=O) groups is 3. The summed E-state index contributed by atoms with van der Waals surface area (Å²) in [6, 6.07) is 7.06. The second kappa shape index (κ2) is 9.08. The molecule has 1 fully saturated rings. The summed E-state index contributed by atoms with van der Waals surface area (Å²) in [6.07, 6.45) is 1.52. The number of hydrogen-bond donors (Lipinski definition) is 1. The van der Waals surface area contributed by atoms with E-state index in [2.05, 4.69) is 5.32 Å². The average Bonchev–Trinajstić information content (AvgIpc) is 2.66. The van der Waals surface area contributed by atoms with Gasteiger partial charge in [0.05, 0.1) is 19.6 Å². The molecule has 0 bridgehead atoms. The first-order valence-corrected chi connectivity index (χ1v) is 9.60. The van der Waals surface area contributed by atoms with Gasteiger partial charge in [0, 0.05) is 37.3 Å². The number of rotatable bonds is 5. The number of benzene rings is 1. The zero-order chi connectivity index (χ0) is 20.9. The summed E-state index contributed by atoms with van der Waals surface area (Å²) < 4.78 is 5.14. The van der Waals surface area contributed by atoms with Crippen LogP contribution in [-0.2, 0) is 14.4 Å². The second-order valence-corrected chi connectivity index (χ2v) is 8.31. The molecule has 1 aromatic carbocycles. The van der Waals surface area contributed by atoms with Crippen LogP contribution in [0.1, 0.15) is 33.6 Å². The molecule has 1 N–H and O–H groups in total. The Bertz CT molecular complexity index is 727. The Kier molecular flexibility index (Phi) is 7.05. The van der Waals surface area contributed by atoms with E-state index < -0.39 is 5.41 Å². The highest BCUT2D eigenvalue weighted by Gasteiger charge is 2.34. The van der Waals surface area contributed by atoms with Crippen molar-refractivity contribution >= 4 is 23.4 Å². The molecule has 7 nitrogen and oxygen atoms in total. The molecule has 1 aliphatic rings. The van der Waals surface area contributed by atoms with Gasteiger partial charge >= 0.3 is 0 Å². The van der Waals surface area contributed by atoms with Crippen molar-refractivity contribution < 1.29 is 19.1 Å². The molecule has 1 atom stereocenters. The number of likely N-dealkylation sites (tertiary alicyclic amines) is 1. The predicted octanol–water partition coefficient (Wildman–Crippen LogP) is 2.38. The van der Waals surface area contributed by atoms with E-state index in [1.165, 1.54) is 4.90 Å². The summed E-state index contributed by atoms with van der Waals surface area (Å²) in [5.41, 5.74) is 0.151. The maximum Gasteiger partial charge on any atom is 0.243 e. The van der Waals surface area contributed by atoms with Crippen molar-refractivity contribution in [2.75, 3.05) is 39.1 Å². The number of ether oxygens (including phenoxy) is 1. The molecule has 0 spiro atoms. The standard InChI is InChI=1S/C21H31N3O4/c1-21(2,3)20(27)24-11-7-8-15(13-24)19(26)23(4)14-18(25)22-16-9-6-10-17(12-16)28-5/h6,9-10,12,15H,7-8,11,13-14H2,1-5H3,(H,22,25). The van der Waals surface area contributed by atoms with Gasteiger partial charge in [0.25, 0.3) is 0 Å². The Morgan fingerprint density at radius 1 is 1.29 bits per heavy atom. The molecule has 3 amide bonds. The van der Waals surface area contributed by atoms with E-state index >= 15 is 0 Å². The van der Waals surface area contributed by atoms with Crippen LogP contribution in [0, 0.1) is 11.3 Å². The Morgan fingerprint density at radius 3 is 2.64 bits per heavy atom. The molecular formula is C21H31N3O4. The van der Waals surface area contributed by atoms with E-state index in [9.17, 15) is 14.4 Å². The van der Waals surface area contributed by atoms with Crippen molar-refractivity contribution in [1.29, 1.82) is 0 Å². The first-order valence-electron chi connectivity index (χ1n) is 9.60. The van der Waals surface area contributed by atoms with Crippen molar-refractivity contribution in [2.45, 2.75) is 33.6 Å². The van der Waals surface area contributed by atoms with Crippen LogP contribution in [0.3, 0.4) is 0 Å². The van der Waals surface area contributed by atoms with Crippen LogP contribution in [0.2, 0.25) is 0 Å². The smallest absolute Gasteiger partial charge is 0.243 e. The van der Waals surface area contributed by atoms with Gasteiger partial charge in [0.15, 0.2) is 0 Å². The summed E-state index contributed by atoms with van der Waals surface area (Å²) in [7, 11) is 3.18. The van der Waals surface area contributed by atoms with Gasteiger partial charge in [-0.1, -0.05) is 26.8 Å². The molecular weight excluding hydrogens is 358 g/mol. The van der Waals surface area contributed by atoms with Crippen LogP contribution in [0.4, 0.5) is 5.69 Å². The molecule has 0 aromatic heterocycles. The number of carbonyl (C=O) groups excluding carboxylic acids is 3. The summed E-state index contributed by atoms with van der Waals surface area (Å²) in [5.74, 6) is 0.0564. The summed E-state index contributed by atoms with van der Waals surface area (Å²) in [5, 5.41) is 2.77. The molecule has 1 unspecified atom stereocenters. The fourth-order valence-electron chi connectivity index (χ4n) is 3.34. The monoisotopic (exact) mass is 389 g/mol. The van der Waals surface area contributed by atoms with E-state index in [1.807, 2.05) is 20.8 Å². The lowest BCUT2D eigenvalue weighted by Crippen LogP contribution is -2.49. The van der Waals surface area contributed by atoms with Gasteiger partial charge in [-0.2, -0.15) is 0 Å². The van der Waals surface area contributed by atoms with Crippen LogP contribution in [0.5, 0.6) is 5.75 Å². The predicted molar refractivity (Wildman–Crippen MR) is 108 cm³/mol. The summed E-state index contributed by atoms with van der Waals surface area (Å²) >= 11 is 0. The summed E-state index contributed by atoms with van der Waals surface area (Å²) in [6.45, 7) is 6.71. The lowest BCUT2D eigenvalue weighted by atomic mass is 9.90. The number of nitrogens with one attached hydrogen (secondary N) is 1. The zero-order valence-corrected chi connectivity index (χ0v) is 17.4. The van der Waals surface area contributed by atoms with Gasteiger partial charge in [-0.3, -0.25) is 14.4 Å². The Balaban J connectivity index is 1.92. The molecule has 28 heavy (non-hydrogen) atoms. The molecule has 0 radical (unpaired) electrons. The quantitative estimate of drug-likeness (QED) is 0.839. The Labute approximate surface area is 167 Å². The van der Waals surface area contributed by atoms with Gasteiger partial charge in [-0.15, -0.1) is 0 Å². The first kappa shape index (κ1) is 21.7. The number of nitrogens with zero attached hydrogens (tertiary/aromatic N) is 2. The van der Waals surface area contributed by atoms with Crippen molar-refractivity contribution in [2.24, 2.45) is 11.3 Å². The van der Waals surface area contributed by atoms with Crippen LogP contribution < -0.4 is 10.1 Å². The highest BCUT2D eigenvalue weighted by Crippen LogP contribution is 2.24. The minimum Gasteiger partial charge on any atom is -0.497 e. The molecule has 154 valence electrons. The number of anilines is 1. The van der Waals surface area contributed by atoms with Gasteiger partial charge in [0.2, 0.25) is 17.7 Å². The van der Waals surface area contributed by atoms with Gasteiger partial charge in [0.1, 0.15) is 5.75 Å². The normalized spacial score (nSPS) is 17.0. The van der Waals surface area contributed by atoms with Crippen LogP contribution in [0.25, 0.3) is 0 Å². The van der Waals surface area contributed by atoms with Crippen LogP contribution in [0.15, 0.2) is 24.3 Å². The number of amides is 3. The molecule has 1 heterocycles. The number of likely N-dealkylation sites (N-methyl/N-ethyl adjacent to an activating group) is 1. The minimum absolute atomic E-state index is 0.0419. The summed E-state index contributed by atoms with van der Waals surface area (Å²) in [4.78, 5) is 40.8. The SMILES string of the molecule is COc1cccc(NC(=O)CN(C)C(=O)C2CCCN(C(=O)C(C)(C)C)C2)c1. The minimum atomic E-state index is -0.465. The molecule has 0 saturated carbocycles. The van der Waals surface area contributed by atoms with E-state index in [1.54, 1.807) is 43.3 Å². The average molecular weight is 389 g/mol. The van der Waals surface area contributed by atoms with E-state index in [4.69, 9.17) is 4.74 Å². The Hall–Kier alpha value is -2.57. The third kappa shape index (κ3) is 5.71. The molecule has 2 rings (SSSR count). The van der Waals surface area contributed by atoms with E-state index in [0.29, 0.717) is 24.5 Å². The van der Waals surface area contributed by atoms with Crippen molar-refractivity contribution in [3.05, 3.63) is 24.3 Å². The van der Waals surface area contributed by atoms with Gasteiger partial charge < -0.3 is 19.9 Å². The van der Waals surface area contributed by atoms with E-state index in [0.717, 1.165) is 12.8 Å². The largest absolute Gasteiger partial charge is 0.497 e. The molecule has 1 aromatic rings. The van der Waals surface area contributed by atoms with Crippen molar-refractivity contribution in [3.8, 4) is 5.75 Å². The highest BCUT2D eigenvalue weighted by molar-refractivity contribution is 5.95. The highest BCUT2D eigenvalue weighted by atomic mass is 16.5. The molecule has 1 saturated heterocycles. The van der Waals surface area contributed by atoms with Gasteiger partial charge in [-0.05, 0) is 25.0 Å². The fourth-order valence-corrected chi connectivity index (χ4v) is 3.34. The lowest BCUT2D eigenvalue weighted by molar-refractivity contribution is -0.145. The molecule has 0 aliphatic carbocycles. The third-order valence-corrected chi connectivity index (χ3v) is 4.81. The third-order valence-electron chi connectivity index (χ3n) is 4.81. The maximum atomic E-state index is 12.8. The molecule has 1 aliphatic heterocycles. The van der Waals surface area contributed by atoms with E-state index in [-0.39, 0.29) is 30.2 Å². The molecule has 7 heteroatoms. The lowest BCUT2D eigenvalue weighted by Gasteiger charge is -2.37. The van der Waals surface area contributed by atoms with Crippen LogP contribution >= 0.6 is 0 Å².